The van der Waals surface area contributed by atoms with E-state index in [0.29, 0.717) is 16.6 Å². The highest BCUT2D eigenvalue weighted by atomic mass is 35.5. The molecule has 0 aromatic heterocycles. The number of aryl methyl sites for hydroxylation is 1. The molecule has 2 aliphatic rings. The summed E-state index contributed by atoms with van der Waals surface area (Å²) in [5.74, 6) is 0.899. The van der Waals surface area contributed by atoms with E-state index in [0.717, 1.165) is 47.7 Å². The van der Waals surface area contributed by atoms with Gasteiger partial charge in [-0.3, -0.25) is 9.79 Å². The first kappa shape index (κ1) is 25.1. The Hall–Kier alpha value is -2.02. The molecule has 1 amide bonds. The van der Waals surface area contributed by atoms with Gasteiger partial charge >= 0.3 is 5.24 Å². The lowest BCUT2D eigenvalue weighted by atomic mass is 9.93. The van der Waals surface area contributed by atoms with Gasteiger partial charge in [0.25, 0.3) is 0 Å². The molecular formula is C26H30Cl2N4OS. The Morgan fingerprint density at radius 1 is 1.18 bits per heavy atom. The Bertz CT molecular complexity index is 1180. The zero-order valence-electron chi connectivity index (χ0n) is 20.2. The molecule has 180 valence electrons. The van der Waals surface area contributed by atoms with Crippen LogP contribution in [0.2, 0.25) is 10.0 Å². The Kier molecular flexibility index (Phi) is 7.32. The third kappa shape index (κ3) is 5.00. The number of anilines is 1. The number of amidine groups is 1. The molecule has 0 spiro atoms. The van der Waals surface area contributed by atoms with Crippen LogP contribution in [-0.4, -0.2) is 45.7 Å². The van der Waals surface area contributed by atoms with Crippen LogP contribution in [0.15, 0.2) is 46.5 Å². The number of amides is 1. The van der Waals surface area contributed by atoms with Gasteiger partial charge in [-0.15, -0.1) is 0 Å². The van der Waals surface area contributed by atoms with Crippen molar-refractivity contribution in [1.29, 1.82) is 0 Å². The number of fused-ring (bicyclic) bond motifs is 1. The minimum Gasteiger partial charge on any atom is -0.326 e. The van der Waals surface area contributed by atoms with Crippen LogP contribution >= 0.6 is 35.0 Å². The molecular weight excluding hydrogens is 487 g/mol. The molecule has 0 N–H and O–H groups in total. The Morgan fingerprint density at radius 2 is 1.94 bits per heavy atom. The van der Waals surface area contributed by atoms with Gasteiger partial charge in [-0.1, -0.05) is 41.0 Å². The van der Waals surface area contributed by atoms with Crippen LogP contribution in [-0.2, 0) is 6.42 Å². The maximum atomic E-state index is 12.4. The number of thioether (sulfide) groups is 1. The molecule has 8 heteroatoms. The standard InChI is InChI=1S/C26H30Cl2N4OS/c1-6-32-25(33)34-26(4,5)23(30-32)18-10-12-22-17(14-18)8-7-13-31(22)24(29-16(2)3)19-9-11-20(27)21(28)15-19/h9-12,14-16H,6-8,13H2,1-5H3/b29-24-. The summed E-state index contributed by atoms with van der Waals surface area (Å²) in [7, 11) is 0. The van der Waals surface area contributed by atoms with Gasteiger partial charge in [-0.05, 0) is 88.9 Å². The molecule has 5 nitrogen and oxygen atoms in total. The van der Waals surface area contributed by atoms with Crippen LogP contribution in [0.3, 0.4) is 0 Å². The molecule has 2 heterocycles. The number of benzene rings is 2. The van der Waals surface area contributed by atoms with E-state index in [4.69, 9.17) is 33.3 Å². The second-order valence-corrected chi connectivity index (χ2v) is 11.7. The third-order valence-electron chi connectivity index (χ3n) is 5.93. The molecule has 0 atom stereocenters. The first-order chi connectivity index (χ1) is 16.1. The normalized spacial score (nSPS) is 18.3. The minimum atomic E-state index is -0.393. The number of aliphatic imine (C=N–C) groups is 1. The summed E-state index contributed by atoms with van der Waals surface area (Å²) in [5.41, 5.74) is 5.33. The average molecular weight is 518 g/mol. The number of carbonyl (C=O) groups excluding carboxylic acids is 1. The Balaban J connectivity index is 1.77. The maximum absolute atomic E-state index is 12.4. The predicted octanol–water partition coefficient (Wildman–Crippen LogP) is 7.27. The molecule has 0 saturated carbocycles. The summed E-state index contributed by atoms with van der Waals surface area (Å²) >= 11 is 13.9. The Labute approximate surface area is 216 Å². The molecule has 0 bridgehead atoms. The summed E-state index contributed by atoms with van der Waals surface area (Å²) in [5, 5.41) is 7.33. The molecule has 2 aromatic carbocycles. The molecule has 0 saturated heterocycles. The molecule has 0 radical (unpaired) electrons. The van der Waals surface area contributed by atoms with Gasteiger partial charge in [0.15, 0.2) is 0 Å². The molecule has 0 aliphatic carbocycles. The predicted molar refractivity (Wildman–Crippen MR) is 146 cm³/mol. The first-order valence-electron chi connectivity index (χ1n) is 11.6. The molecule has 4 rings (SSSR count). The SMILES string of the molecule is CCN1N=C(c2ccc3c(c2)CCCN3/C(=N\C(C)C)c2ccc(Cl)c(Cl)c2)C(C)(C)SC1=O. The Morgan fingerprint density at radius 3 is 2.62 bits per heavy atom. The smallest absolute Gasteiger partial charge is 0.302 e. The monoisotopic (exact) mass is 516 g/mol. The highest BCUT2D eigenvalue weighted by Gasteiger charge is 2.37. The van der Waals surface area contributed by atoms with Crippen LogP contribution in [0.5, 0.6) is 0 Å². The van der Waals surface area contributed by atoms with Crippen LogP contribution in [0.25, 0.3) is 0 Å². The van der Waals surface area contributed by atoms with Crippen molar-refractivity contribution < 1.29 is 4.79 Å². The van der Waals surface area contributed by atoms with E-state index >= 15 is 0 Å². The lowest BCUT2D eigenvalue weighted by Gasteiger charge is -2.35. The van der Waals surface area contributed by atoms with Gasteiger partial charge in [0, 0.05) is 30.4 Å². The lowest BCUT2D eigenvalue weighted by molar-refractivity contribution is 0.226. The summed E-state index contributed by atoms with van der Waals surface area (Å²) in [4.78, 5) is 19.6. The van der Waals surface area contributed by atoms with Gasteiger partial charge in [-0.2, -0.15) is 5.10 Å². The van der Waals surface area contributed by atoms with E-state index in [1.807, 2.05) is 25.1 Å². The largest absolute Gasteiger partial charge is 0.326 e. The molecule has 34 heavy (non-hydrogen) atoms. The highest BCUT2D eigenvalue weighted by Crippen LogP contribution is 2.38. The van der Waals surface area contributed by atoms with Crippen LogP contribution in [0, 0.1) is 0 Å². The van der Waals surface area contributed by atoms with Crippen molar-refractivity contribution in [2.75, 3.05) is 18.0 Å². The fraction of sp³-hybridized carbons (Fsp3) is 0.423. The van der Waals surface area contributed by atoms with Crippen molar-refractivity contribution in [3.63, 3.8) is 0 Å². The number of rotatable bonds is 4. The minimum absolute atomic E-state index is 0.00320. The van der Waals surface area contributed by atoms with Crippen LogP contribution in [0.4, 0.5) is 10.5 Å². The van der Waals surface area contributed by atoms with E-state index in [1.165, 1.54) is 17.3 Å². The molecule has 2 aromatic rings. The van der Waals surface area contributed by atoms with Crippen molar-refractivity contribution in [3.05, 3.63) is 63.1 Å². The number of hydrazone groups is 1. The fourth-order valence-electron chi connectivity index (χ4n) is 4.35. The lowest BCUT2D eigenvalue weighted by Crippen LogP contribution is -2.41. The summed E-state index contributed by atoms with van der Waals surface area (Å²) in [6.07, 6.45) is 1.99. The van der Waals surface area contributed by atoms with E-state index in [-0.39, 0.29) is 11.3 Å². The van der Waals surface area contributed by atoms with E-state index in [9.17, 15) is 4.79 Å². The van der Waals surface area contributed by atoms with E-state index in [1.54, 1.807) is 5.01 Å². The van der Waals surface area contributed by atoms with Gasteiger partial charge in [0.1, 0.15) is 5.84 Å². The van der Waals surface area contributed by atoms with E-state index < -0.39 is 4.75 Å². The average Bonchev–Trinajstić information content (AvgIpc) is 2.78. The fourth-order valence-corrected chi connectivity index (χ4v) is 5.62. The van der Waals surface area contributed by atoms with Crippen molar-refractivity contribution in [2.45, 2.75) is 58.2 Å². The van der Waals surface area contributed by atoms with Crippen molar-refractivity contribution in [3.8, 4) is 0 Å². The first-order valence-corrected chi connectivity index (χ1v) is 13.2. The summed E-state index contributed by atoms with van der Waals surface area (Å²) < 4.78 is -0.393. The van der Waals surface area contributed by atoms with Crippen LogP contribution in [0.1, 0.15) is 57.7 Å². The topological polar surface area (TPSA) is 48.3 Å². The van der Waals surface area contributed by atoms with Gasteiger partial charge in [0.05, 0.1) is 20.5 Å². The molecule has 0 unspecified atom stereocenters. The molecule has 0 fully saturated rings. The highest BCUT2D eigenvalue weighted by molar-refractivity contribution is 8.15. The van der Waals surface area contributed by atoms with Crippen molar-refractivity contribution >= 4 is 57.4 Å². The van der Waals surface area contributed by atoms with E-state index in [2.05, 4.69) is 50.8 Å². The van der Waals surface area contributed by atoms with Gasteiger partial charge in [0.2, 0.25) is 0 Å². The zero-order valence-corrected chi connectivity index (χ0v) is 22.6. The number of nitrogens with zero attached hydrogens (tertiary/aromatic N) is 4. The van der Waals surface area contributed by atoms with Crippen molar-refractivity contribution in [1.82, 2.24) is 5.01 Å². The van der Waals surface area contributed by atoms with Crippen molar-refractivity contribution in [2.24, 2.45) is 10.1 Å². The molecule has 2 aliphatic heterocycles. The van der Waals surface area contributed by atoms with Gasteiger partial charge in [-0.25, -0.2) is 5.01 Å². The zero-order chi connectivity index (χ0) is 24.6. The number of hydrogen-bond acceptors (Lipinski definition) is 4. The quantitative estimate of drug-likeness (QED) is 0.317. The van der Waals surface area contributed by atoms with Crippen LogP contribution < -0.4 is 4.90 Å². The maximum Gasteiger partial charge on any atom is 0.302 e. The summed E-state index contributed by atoms with van der Waals surface area (Å²) in [6, 6.07) is 12.3. The second-order valence-electron chi connectivity index (χ2n) is 9.32. The second kappa shape index (κ2) is 9.92. The van der Waals surface area contributed by atoms with Gasteiger partial charge < -0.3 is 4.90 Å². The number of carbonyl (C=O) groups is 1. The number of halogens is 2. The number of hydrogen-bond donors (Lipinski definition) is 0. The summed E-state index contributed by atoms with van der Waals surface area (Å²) in [6.45, 7) is 11.7. The third-order valence-corrected chi connectivity index (χ3v) is 7.76.